The van der Waals surface area contributed by atoms with Gasteiger partial charge in [0.05, 0.1) is 40.4 Å². The predicted octanol–water partition coefficient (Wildman–Crippen LogP) is 6.29. The van der Waals surface area contributed by atoms with Crippen molar-refractivity contribution in [2.45, 2.75) is 20.0 Å². The van der Waals surface area contributed by atoms with Crippen molar-refractivity contribution in [2.24, 2.45) is 0 Å². The molecule has 0 saturated heterocycles. The number of methoxy groups -OCH3 is 2. The number of thiophene rings is 1. The van der Waals surface area contributed by atoms with Crippen molar-refractivity contribution in [1.82, 2.24) is 0 Å². The van der Waals surface area contributed by atoms with Crippen molar-refractivity contribution in [3.05, 3.63) is 45.1 Å². The molecule has 0 aliphatic rings. The number of halogens is 4. The molecule has 0 radical (unpaired) electrons. The van der Waals surface area contributed by atoms with Crippen molar-refractivity contribution in [3.63, 3.8) is 0 Å². The Kier molecular flexibility index (Phi) is 9.67. The molecule has 0 saturated carbocycles. The summed E-state index contributed by atoms with van der Waals surface area (Å²) in [6.07, 6.45) is -2.05. The Balaban J connectivity index is 0.00000218. The second-order valence-corrected chi connectivity index (χ2v) is 6.89. The van der Waals surface area contributed by atoms with Crippen molar-refractivity contribution < 1.29 is 32.2 Å². The topological polar surface area (TPSA) is 76.7 Å². The SMILES string of the molecule is CC.COC(=O)/C=C\c1sc(Cl)cc1NC(=O)Nc1cc(C(F)(F)F)ccc1OC. The van der Waals surface area contributed by atoms with Gasteiger partial charge in [-0.2, -0.15) is 13.2 Å². The maximum atomic E-state index is 12.9. The highest BCUT2D eigenvalue weighted by Crippen LogP contribution is 2.35. The lowest BCUT2D eigenvalue weighted by atomic mass is 10.2. The number of ether oxygens (including phenoxy) is 2. The van der Waals surface area contributed by atoms with Crippen LogP contribution >= 0.6 is 22.9 Å². The lowest BCUT2D eigenvalue weighted by Crippen LogP contribution is -2.20. The number of urea groups is 1. The molecule has 2 N–H and O–H groups in total. The Hall–Kier alpha value is -2.72. The standard InChI is InChI=1S/C17H14ClF3N2O4S.C2H6/c1-26-12-4-3-9(17(19,20)21)7-10(12)22-16(25)23-11-8-14(18)28-13(11)5-6-15(24)27-2;1-2/h3-8H,1-2H3,(H2,22,23,25);1-2H3/b6-5-;. The number of carbonyl (C=O) groups excluding carboxylic acids is 2. The van der Waals surface area contributed by atoms with Gasteiger partial charge in [0.2, 0.25) is 0 Å². The number of anilines is 2. The third-order valence-electron chi connectivity index (χ3n) is 3.33. The summed E-state index contributed by atoms with van der Waals surface area (Å²) in [6, 6.07) is 3.32. The van der Waals surface area contributed by atoms with E-state index in [9.17, 15) is 22.8 Å². The zero-order valence-electron chi connectivity index (χ0n) is 16.5. The van der Waals surface area contributed by atoms with Gasteiger partial charge in [-0.15, -0.1) is 11.3 Å². The summed E-state index contributed by atoms with van der Waals surface area (Å²) in [5.74, 6) is -0.550. The van der Waals surface area contributed by atoms with E-state index in [0.717, 1.165) is 35.6 Å². The van der Waals surface area contributed by atoms with Gasteiger partial charge in [-0.05, 0) is 30.3 Å². The van der Waals surface area contributed by atoms with Gasteiger partial charge in [0.15, 0.2) is 0 Å². The van der Waals surface area contributed by atoms with Crippen molar-refractivity contribution in [2.75, 3.05) is 24.9 Å². The predicted molar refractivity (Wildman–Crippen MR) is 112 cm³/mol. The number of esters is 1. The van der Waals surface area contributed by atoms with Crippen LogP contribution in [0.15, 0.2) is 30.3 Å². The van der Waals surface area contributed by atoms with E-state index < -0.39 is 23.7 Å². The van der Waals surface area contributed by atoms with Crippen LogP contribution in [0.25, 0.3) is 6.08 Å². The van der Waals surface area contributed by atoms with Gasteiger partial charge in [0.1, 0.15) is 5.75 Å². The van der Waals surface area contributed by atoms with E-state index in [2.05, 4.69) is 15.4 Å². The maximum Gasteiger partial charge on any atom is 0.416 e. The van der Waals surface area contributed by atoms with Crippen molar-refractivity contribution in [3.8, 4) is 5.75 Å². The Morgan fingerprint density at radius 2 is 1.73 bits per heavy atom. The van der Waals surface area contributed by atoms with Gasteiger partial charge in [-0.1, -0.05) is 25.4 Å². The Morgan fingerprint density at radius 1 is 1.10 bits per heavy atom. The minimum atomic E-state index is -4.58. The molecule has 0 atom stereocenters. The molecule has 2 amide bonds. The molecule has 6 nitrogen and oxygen atoms in total. The molecule has 11 heteroatoms. The highest BCUT2D eigenvalue weighted by Gasteiger charge is 2.31. The first-order valence-electron chi connectivity index (χ1n) is 8.52. The van der Waals surface area contributed by atoms with Gasteiger partial charge >= 0.3 is 18.2 Å². The fourth-order valence-corrected chi connectivity index (χ4v) is 3.17. The smallest absolute Gasteiger partial charge is 0.416 e. The van der Waals surface area contributed by atoms with Crippen LogP contribution in [-0.4, -0.2) is 26.2 Å². The number of amides is 2. The lowest BCUT2D eigenvalue weighted by molar-refractivity contribution is -0.137. The molecule has 2 rings (SSSR count). The maximum absolute atomic E-state index is 12.9. The fourth-order valence-electron chi connectivity index (χ4n) is 2.07. The molecule has 1 aromatic carbocycles. The van der Waals surface area contributed by atoms with Crippen LogP contribution in [0.1, 0.15) is 24.3 Å². The monoisotopic (exact) mass is 464 g/mol. The molecule has 30 heavy (non-hydrogen) atoms. The first kappa shape index (κ1) is 25.3. The third kappa shape index (κ3) is 7.27. The summed E-state index contributed by atoms with van der Waals surface area (Å²) in [4.78, 5) is 23.9. The normalized spacial score (nSPS) is 10.8. The second kappa shape index (κ2) is 11.5. The van der Waals surface area contributed by atoms with E-state index in [-0.39, 0.29) is 17.1 Å². The van der Waals surface area contributed by atoms with E-state index in [1.807, 2.05) is 13.8 Å². The van der Waals surface area contributed by atoms with E-state index in [1.54, 1.807) is 0 Å². The Morgan fingerprint density at radius 3 is 2.30 bits per heavy atom. The molecule has 1 heterocycles. The van der Waals surface area contributed by atoms with Gasteiger partial charge in [-0.25, -0.2) is 9.59 Å². The summed E-state index contributed by atoms with van der Waals surface area (Å²) in [5.41, 5.74) is -0.842. The van der Waals surface area contributed by atoms with Crippen LogP contribution in [0, 0.1) is 0 Å². The summed E-state index contributed by atoms with van der Waals surface area (Å²) >= 11 is 7.01. The first-order chi connectivity index (χ1) is 14.1. The highest BCUT2D eigenvalue weighted by molar-refractivity contribution is 7.17. The van der Waals surface area contributed by atoms with Gasteiger partial charge in [0.25, 0.3) is 0 Å². The average Bonchev–Trinajstić information content (AvgIpc) is 3.05. The Bertz CT molecular complexity index is 914. The van der Waals surface area contributed by atoms with Gasteiger partial charge < -0.3 is 20.1 Å². The molecule has 0 aliphatic carbocycles. The zero-order valence-corrected chi connectivity index (χ0v) is 18.1. The number of rotatable bonds is 5. The first-order valence-corrected chi connectivity index (χ1v) is 9.72. The van der Waals surface area contributed by atoms with Crippen molar-refractivity contribution in [1.29, 1.82) is 0 Å². The molecular formula is C19H20ClF3N2O4S. The molecule has 0 bridgehead atoms. The molecule has 2 aromatic rings. The Labute approximate surface area is 180 Å². The molecule has 164 valence electrons. The average molecular weight is 465 g/mol. The molecule has 0 unspecified atom stereocenters. The zero-order chi connectivity index (χ0) is 22.9. The van der Waals surface area contributed by atoms with Crippen molar-refractivity contribution >= 4 is 52.4 Å². The van der Waals surface area contributed by atoms with Crippen LogP contribution in [0.5, 0.6) is 5.75 Å². The summed E-state index contributed by atoms with van der Waals surface area (Å²) in [5, 5.41) is 4.77. The number of alkyl halides is 3. The number of hydrogen-bond donors (Lipinski definition) is 2. The summed E-state index contributed by atoms with van der Waals surface area (Å²) in [7, 11) is 2.48. The van der Waals surface area contributed by atoms with E-state index in [1.165, 1.54) is 26.4 Å². The minimum Gasteiger partial charge on any atom is -0.495 e. The number of benzene rings is 1. The van der Waals surface area contributed by atoms with Crippen LogP contribution in [0.3, 0.4) is 0 Å². The quantitative estimate of drug-likeness (QED) is 0.403. The molecule has 1 aromatic heterocycles. The molecule has 0 fully saturated rings. The highest BCUT2D eigenvalue weighted by atomic mass is 35.5. The van der Waals surface area contributed by atoms with Gasteiger partial charge in [0, 0.05) is 6.08 Å². The van der Waals surface area contributed by atoms with E-state index in [4.69, 9.17) is 16.3 Å². The van der Waals surface area contributed by atoms with E-state index in [0.29, 0.717) is 9.21 Å². The third-order valence-corrected chi connectivity index (χ3v) is 4.56. The van der Waals surface area contributed by atoms with Crippen LogP contribution < -0.4 is 15.4 Å². The minimum absolute atomic E-state index is 0.0531. The second-order valence-electron chi connectivity index (χ2n) is 5.18. The largest absolute Gasteiger partial charge is 0.495 e. The summed E-state index contributed by atoms with van der Waals surface area (Å²) < 4.78 is 48.5. The van der Waals surface area contributed by atoms with Crippen LogP contribution in [0.4, 0.5) is 29.3 Å². The van der Waals surface area contributed by atoms with Gasteiger partial charge in [-0.3, -0.25) is 0 Å². The van der Waals surface area contributed by atoms with E-state index >= 15 is 0 Å². The number of nitrogens with one attached hydrogen (secondary N) is 2. The fraction of sp³-hybridized carbons (Fsp3) is 0.263. The molecule has 0 aliphatic heterocycles. The lowest BCUT2D eigenvalue weighted by Gasteiger charge is -2.14. The number of carbonyl (C=O) groups is 2. The summed E-state index contributed by atoms with van der Waals surface area (Å²) in [6.45, 7) is 4.00. The van der Waals surface area contributed by atoms with Crippen LogP contribution in [-0.2, 0) is 15.7 Å². The molecule has 0 spiro atoms. The van der Waals surface area contributed by atoms with Crippen LogP contribution in [0.2, 0.25) is 4.34 Å². The molecular weight excluding hydrogens is 445 g/mol. The number of hydrogen-bond acceptors (Lipinski definition) is 5.